The normalized spacial score (nSPS) is 17.4. The monoisotopic (exact) mass is 797 g/mol. The van der Waals surface area contributed by atoms with Crippen molar-refractivity contribution in [2.24, 2.45) is 0 Å². The highest BCUT2D eigenvalue weighted by Crippen LogP contribution is 2.64. The smallest absolute Gasteiger partial charge is 0.0742 e. The van der Waals surface area contributed by atoms with E-state index in [4.69, 9.17) is 0 Å². The van der Waals surface area contributed by atoms with Crippen LogP contribution in [0.4, 0.5) is 17.1 Å². The zero-order valence-electron chi connectivity index (χ0n) is 34.8. The Kier molecular flexibility index (Phi) is 7.06. The van der Waals surface area contributed by atoms with E-state index < -0.39 is 5.41 Å². The van der Waals surface area contributed by atoms with Gasteiger partial charge in [0, 0.05) is 37.7 Å². The van der Waals surface area contributed by atoms with Crippen molar-refractivity contribution in [1.29, 1.82) is 0 Å². The molecule has 3 aliphatic carbocycles. The highest BCUT2D eigenvalue weighted by Gasteiger charge is 2.51. The maximum Gasteiger partial charge on any atom is 0.0742 e. The molecule has 1 unspecified atom stereocenters. The summed E-state index contributed by atoms with van der Waals surface area (Å²) < 4.78 is 0. The topological polar surface area (TPSA) is 3.24 Å². The largest absolute Gasteiger partial charge is 0.310 e. The van der Waals surface area contributed by atoms with Gasteiger partial charge in [-0.15, -0.1) is 0 Å². The van der Waals surface area contributed by atoms with Crippen LogP contribution in [-0.2, 0) is 16.2 Å². The molecule has 1 aliphatic heterocycles. The van der Waals surface area contributed by atoms with Gasteiger partial charge in [0.05, 0.1) is 5.41 Å². The number of benzene rings is 9. The van der Waals surface area contributed by atoms with Crippen molar-refractivity contribution < 1.29 is 0 Å². The van der Waals surface area contributed by atoms with Gasteiger partial charge in [0.1, 0.15) is 0 Å². The number of rotatable bonds is 3. The van der Waals surface area contributed by atoms with E-state index in [1.54, 1.807) is 0 Å². The first kappa shape index (κ1) is 35.2. The minimum absolute atomic E-state index is 0.132. The zero-order valence-corrected chi connectivity index (χ0v) is 35.6. The molecule has 0 N–H and O–H groups in total. The van der Waals surface area contributed by atoms with Crippen LogP contribution in [0, 0.1) is 0 Å². The van der Waals surface area contributed by atoms with Crippen molar-refractivity contribution in [1.82, 2.24) is 0 Å². The van der Waals surface area contributed by atoms with Gasteiger partial charge in [-0.2, -0.15) is 0 Å². The quantitative estimate of drug-likeness (QED) is 0.175. The summed E-state index contributed by atoms with van der Waals surface area (Å²) in [6.45, 7) is 9.55. The minimum atomic E-state index is -0.519. The molecule has 2 heteroatoms. The first-order chi connectivity index (χ1) is 29.8. The molecule has 9 aromatic carbocycles. The Labute approximate surface area is 362 Å². The molecule has 0 amide bonds. The molecule has 13 rings (SSSR count). The SMILES string of the molecule is CC1(C)c2ccccc2-c2ccc(N(c3ccc4c(c3)C(C)(C)c3ccccc3-4)c3ccc4c(c3)C3(c5ccccc5Sc5ccc6ccccc6c53)c3ccccc3-4)cc21. The second kappa shape index (κ2) is 12.2. The number of nitrogens with zero attached hydrogens (tertiary/aromatic N) is 1. The van der Waals surface area contributed by atoms with E-state index in [1.807, 2.05) is 11.8 Å². The van der Waals surface area contributed by atoms with E-state index >= 15 is 0 Å². The molecule has 1 atom stereocenters. The molecule has 0 radical (unpaired) electrons. The van der Waals surface area contributed by atoms with Gasteiger partial charge in [0.15, 0.2) is 0 Å². The van der Waals surface area contributed by atoms with Gasteiger partial charge in [-0.1, -0.05) is 179 Å². The summed E-state index contributed by atoms with van der Waals surface area (Å²) in [6, 6.07) is 71.7. The molecule has 1 nitrogen and oxygen atoms in total. The van der Waals surface area contributed by atoms with Crippen molar-refractivity contribution >= 4 is 39.6 Å². The molecule has 0 fully saturated rings. The van der Waals surface area contributed by atoms with Crippen LogP contribution < -0.4 is 4.90 Å². The third-order valence-corrected chi connectivity index (χ3v) is 15.8. The lowest BCUT2D eigenvalue weighted by Gasteiger charge is -2.41. The van der Waals surface area contributed by atoms with Crippen molar-refractivity contribution in [3.05, 3.63) is 233 Å². The minimum Gasteiger partial charge on any atom is -0.310 e. The average molecular weight is 798 g/mol. The summed E-state index contributed by atoms with van der Waals surface area (Å²) in [5.41, 5.74) is 21.6. The van der Waals surface area contributed by atoms with Gasteiger partial charge in [0.25, 0.3) is 0 Å². The Morgan fingerprint density at radius 3 is 1.39 bits per heavy atom. The molecule has 4 aliphatic rings. The van der Waals surface area contributed by atoms with Crippen LogP contribution in [0.25, 0.3) is 44.2 Å². The molecule has 0 bridgehead atoms. The summed E-state index contributed by atoms with van der Waals surface area (Å²) in [5, 5.41) is 2.58. The Morgan fingerprint density at radius 1 is 0.344 bits per heavy atom. The van der Waals surface area contributed by atoms with Gasteiger partial charge < -0.3 is 4.90 Å². The van der Waals surface area contributed by atoms with Crippen LogP contribution in [0.3, 0.4) is 0 Å². The van der Waals surface area contributed by atoms with Crippen LogP contribution in [0.5, 0.6) is 0 Å². The van der Waals surface area contributed by atoms with Crippen molar-refractivity contribution in [2.45, 2.75) is 53.7 Å². The van der Waals surface area contributed by atoms with E-state index in [9.17, 15) is 0 Å². The van der Waals surface area contributed by atoms with Crippen molar-refractivity contribution in [2.75, 3.05) is 4.90 Å². The highest BCUT2D eigenvalue weighted by atomic mass is 32.2. The van der Waals surface area contributed by atoms with Crippen molar-refractivity contribution in [3.8, 4) is 33.4 Å². The predicted molar refractivity (Wildman–Crippen MR) is 255 cm³/mol. The lowest BCUT2D eigenvalue weighted by molar-refractivity contribution is 0.660. The van der Waals surface area contributed by atoms with E-state index in [0.717, 1.165) is 5.69 Å². The van der Waals surface area contributed by atoms with E-state index in [2.05, 4.69) is 221 Å². The summed E-state index contributed by atoms with van der Waals surface area (Å²) >= 11 is 1.91. The predicted octanol–water partition coefficient (Wildman–Crippen LogP) is 15.7. The fourth-order valence-electron chi connectivity index (χ4n) is 11.9. The molecule has 1 spiro atoms. The molecule has 0 saturated carbocycles. The Bertz CT molecular complexity index is 3260. The molecule has 61 heavy (non-hydrogen) atoms. The fraction of sp³-hybridized carbons (Fsp3) is 0.119. The first-order valence-corrected chi connectivity index (χ1v) is 22.4. The molecular formula is C59H43NS. The molecule has 9 aromatic rings. The van der Waals surface area contributed by atoms with E-state index in [0.29, 0.717) is 0 Å². The maximum atomic E-state index is 2.55. The van der Waals surface area contributed by atoms with Crippen molar-refractivity contribution in [3.63, 3.8) is 0 Å². The molecular weight excluding hydrogens is 755 g/mol. The summed E-state index contributed by atoms with van der Waals surface area (Å²) in [4.78, 5) is 5.18. The lowest BCUT2D eigenvalue weighted by atomic mass is 9.66. The number of hydrogen-bond acceptors (Lipinski definition) is 2. The Morgan fingerprint density at radius 2 is 0.787 bits per heavy atom. The highest BCUT2D eigenvalue weighted by molar-refractivity contribution is 7.99. The van der Waals surface area contributed by atoms with Crippen LogP contribution in [0.15, 0.2) is 198 Å². The third-order valence-electron chi connectivity index (χ3n) is 14.7. The average Bonchev–Trinajstić information content (AvgIpc) is 3.80. The first-order valence-electron chi connectivity index (χ1n) is 21.6. The Balaban J connectivity index is 1.10. The standard InChI is InChI=1S/C59H43NS/c1-57(2)47-20-10-7-17-41(47)44-29-26-37(33-51(44)57)60(38-27-30-45-42-18-8-11-21-48(42)58(3,4)52(45)34-38)39-28-31-46-43-19-9-12-22-49(43)59(53(46)35-39)50-23-13-14-24-54(50)61-55-32-25-36-15-5-6-16-40(36)56(55)59/h5-35H,1-4H3. The summed E-state index contributed by atoms with van der Waals surface area (Å²) in [6.07, 6.45) is 0. The van der Waals surface area contributed by atoms with Crippen LogP contribution in [-0.4, -0.2) is 0 Å². The number of hydrogen-bond donors (Lipinski definition) is 0. The summed E-state index contributed by atoms with van der Waals surface area (Å²) in [5.74, 6) is 0. The molecule has 0 saturated heterocycles. The van der Waals surface area contributed by atoms with Gasteiger partial charge in [-0.05, 0) is 137 Å². The molecule has 1 heterocycles. The van der Waals surface area contributed by atoms with Crippen LogP contribution >= 0.6 is 11.8 Å². The van der Waals surface area contributed by atoms with E-state index in [-0.39, 0.29) is 10.8 Å². The van der Waals surface area contributed by atoms with E-state index in [1.165, 1.54) is 110 Å². The third kappa shape index (κ3) is 4.53. The van der Waals surface area contributed by atoms with Crippen LogP contribution in [0.2, 0.25) is 0 Å². The second-order valence-electron chi connectivity index (χ2n) is 18.4. The molecule has 0 aromatic heterocycles. The summed E-state index contributed by atoms with van der Waals surface area (Å²) in [7, 11) is 0. The van der Waals surface area contributed by atoms with Gasteiger partial charge in [0.2, 0.25) is 0 Å². The van der Waals surface area contributed by atoms with Gasteiger partial charge in [-0.25, -0.2) is 0 Å². The van der Waals surface area contributed by atoms with Gasteiger partial charge >= 0.3 is 0 Å². The van der Waals surface area contributed by atoms with Crippen LogP contribution in [0.1, 0.15) is 72.2 Å². The Hall–Kier alpha value is -6.61. The number of fused-ring (bicyclic) bond motifs is 17. The molecule has 290 valence electrons. The second-order valence-corrected chi connectivity index (χ2v) is 19.5. The number of anilines is 3. The lowest BCUT2D eigenvalue weighted by Crippen LogP contribution is -2.32. The van der Waals surface area contributed by atoms with Gasteiger partial charge in [-0.3, -0.25) is 0 Å². The fourth-order valence-corrected chi connectivity index (χ4v) is 13.1. The maximum absolute atomic E-state index is 2.55. The zero-order chi connectivity index (χ0) is 40.8.